The highest BCUT2D eigenvalue weighted by atomic mass is 16.5. The minimum absolute atomic E-state index is 0.0979. The van der Waals surface area contributed by atoms with E-state index in [0.717, 1.165) is 67.6 Å². The van der Waals surface area contributed by atoms with Crippen molar-refractivity contribution in [1.82, 2.24) is 20.6 Å². The van der Waals surface area contributed by atoms with Gasteiger partial charge in [0, 0.05) is 51.7 Å². The van der Waals surface area contributed by atoms with Crippen LogP contribution in [-0.2, 0) is 35.1 Å². The first kappa shape index (κ1) is 35.3. The fourth-order valence-electron chi connectivity index (χ4n) is 7.05. The average Bonchev–Trinajstić information content (AvgIpc) is 3.68. The smallest absolute Gasteiger partial charge is 0.306 e. The molecule has 0 aliphatic carbocycles. The van der Waals surface area contributed by atoms with Gasteiger partial charge < -0.3 is 30.1 Å². The maximum Gasteiger partial charge on any atom is 0.306 e. The molecule has 2 aromatic heterocycles. The third kappa shape index (κ3) is 7.06. The lowest BCUT2D eigenvalue weighted by Gasteiger charge is -2.16. The number of carbonyl (C=O) groups excluding carboxylic acids is 4. The van der Waals surface area contributed by atoms with E-state index in [1.165, 1.54) is 14.2 Å². The van der Waals surface area contributed by atoms with Crippen LogP contribution in [0.25, 0.3) is 12.2 Å². The second-order valence-corrected chi connectivity index (χ2v) is 12.6. The van der Waals surface area contributed by atoms with E-state index in [1.54, 1.807) is 0 Å². The van der Waals surface area contributed by atoms with Crippen molar-refractivity contribution in [1.29, 1.82) is 0 Å². The average molecular weight is 645 g/mol. The fourth-order valence-corrected chi connectivity index (χ4v) is 7.05. The molecule has 2 atom stereocenters. The van der Waals surface area contributed by atoms with Crippen molar-refractivity contribution in [2.24, 2.45) is 0 Å². The first-order valence-corrected chi connectivity index (χ1v) is 16.3. The summed E-state index contributed by atoms with van der Waals surface area (Å²) < 4.78 is 10.0. The largest absolute Gasteiger partial charge is 0.469 e. The van der Waals surface area contributed by atoms with E-state index in [1.807, 2.05) is 67.5 Å². The van der Waals surface area contributed by atoms with E-state index in [9.17, 15) is 19.2 Å². The number of hydrogen-bond acceptors (Lipinski definition) is 6. The van der Waals surface area contributed by atoms with Crippen LogP contribution in [0.2, 0.25) is 0 Å². The molecule has 2 aromatic rings. The Balaban J connectivity index is 1.88. The van der Waals surface area contributed by atoms with E-state index < -0.39 is 0 Å². The molecule has 0 bridgehead atoms. The molecule has 4 heterocycles. The van der Waals surface area contributed by atoms with Crippen molar-refractivity contribution in [3.05, 3.63) is 78.7 Å². The van der Waals surface area contributed by atoms with Gasteiger partial charge >= 0.3 is 11.9 Å². The number of aromatic nitrogens is 2. The molecule has 2 amide bonds. The van der Waals surface area contributed by atoms with Gasteiger partial charge in [-0.3, -0.25) is 19.2 Å². The van der Waals surface area contributed by atoms with Crippen molar-refractivity contribution >= 4 is 35.9 Å². The number of aromatic amines is 2. The summed E-state index contributed by atoms with van der Waals surface area (Å²) >= 11 is 0. The zero-order valence-corrected chi connectivity index (χ0v) is 29.3. The number of amides is 2. The van der Waals surface area contributed by atoms with Crippen LogP contribution in [0, 0.1) is 13.8 Å². The molecule has 0 spiro atoms. The summed E-state index contributed by atoms with van der Waals surface area (Å²) in [5, 5.41) is 6.00. The molecular formula is C37H48N4O6. The van der Waals surface area contributed by atoms with E-state index in [2.05, 4.69) is 20.6 Å². The molecule has 0 saturated carbocycles. The van der Waals surface area contributed by atoms with Gasteiger partial charge in [-0.05, 0) is 97.9 Å². The summed E-state index contributed by atoms with van der Waals surface area (Å²) in [6.45, 7) is 15.8. The molecule has 2 aliphatic heterocycles. The summed E-state index contributed by atoms with van der Waals surface area (Å²) in [4.78, 5) is 57.1. The normalized spacial score (nSPS) is 17.9. The molecule has 0 saturated heterocycles. The van der Waals surface area contributed by atoms with Crippen molar-refractivity contribution < 1.29 is 28.7 Å². The number of carbonyl (C=O) groups is 4. The first-order chi connectivity index (χ1) is 22.3. The Kier molecular flexibility index (Phi) is 10.8. The minimum Gasteiger partial charge on any atom is -0.469 e. The number of allylic oxidation sites excluding steroid dienone is 2. The van der Waals surface area contributed by atoms with Gasteiger partial charge in [0.1, 0.15) is 0 Å². The number of rotatable bonds is 12. The summed E-state index contributed by atoms with van der Waals surface area (Å²) in [5.74, 6) is -1.12. The number of hydrogen-bond donors (Lipinski definition) is 4. The Morgan fingerprint density at radius 2 is 1.04 bits per heavy atom. The lowest BCUT2D eigenvalue weighted by atomic mass is 9.89. The molecule has 252 valence electrons. The highest BCUT2D eigenvalue weighted by molar-refractivity contribution is 6.01. The van der Waals surface area contributed by atoms with Crippen LogP contribution in [0.5, 0.6) is 0 Å². The lowest BCUT2D eigenvalue weighted by molar-refractivity contribution is -0.141. The quantitative estimate of drug-likeness (QED) is 0.201. The van der Waals surface area contributed by atoms with E-state index in [-0.39, 0.29) is 48.4 Å². The maximum absolute atomic E-state index is 12.5. The van der Waals surface area contributed by atoms with Crippen molar-refractivity contribution in [3.8, 4) is 0 Å². The van der Waals surface area contributed by atoms with Crippen LogP contribution in [0.1, 0.15) is 124 Å². The molecule has 2 aliphatic rings. The summed E-state index contributed by atoms with van der Waals surface area (Å²) in [5.41, 5.74) is 12.4. The van der Waals surface area contributed by atoms with Gasteiger partial charge in [0.05, 0.1) is 27.1 Å². The number of esters is 2. The van der Waals surface area contributed by atoms with Crippen molar-refractivity contribution in [2.45, 2.75) is 99.3 Å². The number of methoxy groups -OCH3 is 2. The van der Waals surface area contributed by atoms with Gasteiger partial charge in [0.25, 0.3) is 11.8 Å². The van der Waals surface area contributed by atoms with E-state index in [0.29, 0.717) is 30.4 Å². The van der Waals surface area contributed by atoms with Crippen LogP contribution < -0.4 is 10.6 Å². The SMILES string of the molecule is CCC1=C(C)C(=O)N/C1=C\c1[nH]c(Cc2[nH]c(/C=C3\NC(=O)C(C)=C3CC)c(C)c2C(C)CC(=O)OC)c(C(C)CC(=O)OC)c1C. The highest BCUT2D eigenvalue weighted by Gasteiger charge is 2.29. The predicted octanol–water partition coefficient (Wildman–Crippen LogP) is 6.28. The molecule has 4 rings (SSSR count). The Morgan fingerprint density at radius 3 is 1.36 bits per heavy atom. The van der Waals surface area contributed by atoms with Crippen LogP contribution in [-0.4, -0.2) is 47.9 Å². The zero-order chi connectivity index (χ0) is 34.7. The third-order valence-electron chi connectivity index (χ3n) is 9.60. The molecule has 10 nitrogen and oxygen atoms in total. The zero-order valence-electron chi connectivity index (χ0n) is 29.3. The van der Waals surface area contributed by atoms with Crippen molar-refractivity contribution in [2.75, 3.05) is 14.2 Å². The fraction of sp³-hybridized carbons (Fsp3) is 0.459. The molecule has 0 radical (unpaired) electrons. The van der Waals surface area contributed by atoms with Gasteiger partial charge in [0.15, 0.2) is 0 Å². The van der Waals surface area contributed by atoms with E-state index >= 15 is 0 Å². The van der Waals surface area contributed by atoms with Gasteiger partial charge in [-0.15, -0.1) is 0 Å². The lowest BCUT2D eigenvalue weighted by Crippen LogP contribution is -2.15. The summed E-state index contributed by atoms with van der Waals surface area (Å²) in [6.07, 6.45) is 6.23. The molecule has 0 aromatic carbocycles. The Bertz CT molecular complexity index is 1620. The van der Waals surface area contributed by atoms with Gasteiger partial charge in [-0.25, -0.2) is 0 Å². The van der Waals surface area contributed by atoms with Crippen LogP contribution in [0.15, 0.2) is 33.7 Å². The number of nitrogens with one attached hydrogen (secondary N) is 4. The highest BCUT2D eigenvalue weighted by Crippen LogP contribution is 2.37. The third-order valence-corrected chi connectivity index (χ3v) is 9.60. The molecular weight excluding hydrogens is 596 g/mol. The molecule has 47 heavy (non-hydrogen) atoms. The van der Waals surface area contributed by atoms with Crippen LogP contribution in [0.3, 0.4) is 0 Å². The topological polar surface area (TPSA) is 142 Å². The minimum atomic E-state index is -0.301. The second-order valence-electron chi connectivity index (χ2n) is 12.6. The van der Waals surface area contributed by atoms with Gasteiger partial charge in [0.2, 0.25) is 0 Å². The molecule has 10 heteroatoms. The maximum atomic E-state index is 12.5. The Hall–Kier alpha value is -4.60. The molecule has 0 fully saturated rings. The molecule has 2 unspecified atom stereocenters. The second kappa shape index (κ2) is 14.4. The van der Waals surface area contributed by atoms with Crippen molar-refractivity contribution in [3.63, 3.8) is 0 Å². The Morgan fingerprint density at radius 1 is 0.681 bits per heavy atom. The first-order valence-electron chi connectivity index (χ1n) is 16.3. The monoisotopic (exact) mass is 644 g/mol. The standard InChI is InChI=1S/C37H48N4O6/c1-11-24-20(5)36(44)40-28(24)15-26-22(7)34(18(3)13-32(42)46-9)30(38-26)17-31-35(19(4)14-33(43)47-10)23(8)27(39-31)16-29-25(12-2)21(6)37(45)41-29/h15-16,18-19,38-39H,11-14,17H2,1-10H3,(H,40,44)(H,41,45)/b28-15-,29-16-. The summed E-state index contributed by atoms with van der Waals surface area (Å²) in [7, 11) is 2.78. The predicted molar refractivity (Wildman–Crippen MR) is 182 cm³/mol. The van der Waals surface area contributed by atoms with Gasteiger partial charge in [-0.1, -0.05) is 27.7 Å². The van der Waals surface area contributed by atoms with Crippen LogP contribution >= 0.6 is 0 Å². The van der Waals surface area contributed by atoms with Crippen LogP contribution in [0.4, 0.5) is 0 Å². The Labute approximate surface area is 277 Å². The number of H-pyrrole nitrogens is 2. The van der Waals surface area contributed by atoms with E-state index in [4.69, 9.17) is 9.47 Å². The molecule has 4 N–H and O–H groups in total. The summed E-state index contributed by atoms with van der Waals surface area (Å²) in [6, 6.07) is 0. The number of ether oxygens (including phenoxy) is 2. The van der Waals surface area contributed by atoms with Gasteiger partial charge in [-0.2, -0.15) is 0 Å².